The van der Waals surface area contributed by atoms with E-state index < -0.39 is 30.9 Å². The summed E-state index contributed by atoms with van der Waals surface area (Å²) >= 11 is 0. The number of rotatable bonds is 2. The summed E-state index contributed by atoms with van der Waals surface area (Å²) < 4.78 is 80.2. The molecule has 0 saturated heterocycles. The van der Waals surface area contributed by atoms with Crippen molar-refractivity contribution in [1.29, 1.82) is 0 Å². The molecule has 2 aromatic carbocycles. The van der Waals surface area contributed by atoms with Gasteiger partial charge in [0.2, 0.25) is 0 Å². The minimum Gasteiger partial charge on any atom is -0.0836 e. The molecular weight excluding hydrogens is 228 g/mol. The maximum absolute atomic E-state index is 8.25. The lowest BCUT2D eigenvalue weighted by Crippen LogP contribution is -1.92. The van der Waals surface area contributed by atoms with Gasteiger partial charge in [-0.3, -0.25) is 0 Å². The van der Waals surface area contributed by atoms with Gasteiger partial charge in [-0.2, -0.15) is 0 Å². The van der Waals surface area contributed by atoms with Crippen LogP contribution in [0.3, 0.4) is 0 Å². The maximum atomic E-state index is 8.25. The van der Waals surface area contributed by atoms with Gasteiger partial charge in [0.05, 0.1) is 11.0 Å². The smallest absolute Gasteiger partial charge is 0.0629 e. The highest BCUT2D eigenvalue weighted by atomic mass is 14.1. The van der Waals surface area contributed by atoms with Crippen LogP contribution in [0.15, 0.2) is 66.6 Å². The molecule has 0 heterocycles. The fourth-order valence-corrected chi connectivity index (χ4v) is 2.02. The van der Waals surface area contributed by atoms with Crippen LogP contribution in [0.4, 0.5) is 0 Å². The third kappa shape index (κ3) is 2.39. The molecular formula is C19H18. The molecule has 0 radical (unpaired) electrons. The predicted octanol–water partition coefficient (Wildman–Crippen LogP) is 5.40. The molecule has 0 aliphatic heterocycles. The molecule has 0 fully saturated rings. The first-order valence-electron chi connectivity index (χ1n) is 11.1. The quantitative estimate of drug-likeness (QED) is 0.675. The van der Waals surface area contributed by atoms with Crippen molar-refractivity contribution in [2.45, 2.75) is 19.7 Å². The summed E-state index contributed by atoms with van der Waals surface area (Å²) in [5.41, 5.74) is 1.27. The molecule has 0 spiro atoms. The molecule has 0 amide bonds. The van der Waals surface area contributed by atoms with Gasteiger partial charge in [0.25, 0.3) is 0 Å². The summed E-state index contributed by atoms with van der Waals surface area (Å²) in [6.45, 7) is 1.65. The summed E-state index contributed by atoms with van der Waals surface area (Å²) in [6, 6.07) is 1.78. The Morgan fingerprint density at radius 1 is 1.05 bits per heavy atom. The monoisotopic (exact) mass is 256 g/mol. The zero-order chi connectivity index (χ0) is 21.8. The molecule has 2 atom stereocenters. The topological polar surface area (TPSA) is 0 Å². The summed E-state index contributed by atoms with van der Waals surface area (Å²) in [5.74, 6) is 0. The zero-order valence-electron chi connectivity index (χ0n) is 20.4. The highest BCUT2D eigenvalue weighted by Crippen LogP contribution is 2.31. The van der Waals surface area contributed by atoms with Crippen LogP contribution in [0.1, 0.15) is 37.6 Å². The fraction of sp³-hybridized carbons (Fsp3) is 0.158. The first kappa shape index (κ1) is 5.13. The fourth-order valence-electron chi connectivity index (χ4n) is 2.02. The minimum absolute atomic E-state index is 0.0145. The second kappa shape index (κ2) is 5.27. The van der Waals surface area contributed by atoms with Gasteiger partial charge in [0.15, 0.2) is 0 Å². The van der Waals surface area contributed by atoms with Crippen molar-refractivity contribution in [2.75, 3.05) is 0 Å². The number of allylic oxidation sites excluding steroid dienone is 4. The van der Waals surface area contributed by atoms with E-state index >= 15 is 0 Å². The van der Waals surface area contributed by atoms with Crippen molar-refractivity contribution < 1.29 is 13.7 Å². The Labute approximate surface area is 129 Å². The summed E-state index contributed by atoms with van der Waals surface area (Å²) in [5, 5.41) is 0. The van der Waals surface area contributed by atoms with Crippen molar-refractivity contribution >= 4 is 5.57 Å². The van der Waals surface area contributed by atoms with Gasteiger partial charge in [-0.25, -0.2) is 0 Å². The van der Waals surface area contributed by atoms with Gasteiger partial charge >= 0.3 is 0 Å². The second-order valence-corrected chi connectivity index (χ2v) is 4.10. The van der Waals surface area contributed by atoms with Crippen LogP contribution in [0.2, 0.25) is 0 Å². The summed E-state index contributed by atoms with van der Waals surface area (Å²) in [4.78, 5) is 0. The van der Waals surface area contributed by atoms with E-state index in [-0.39, 0.29) is 41.4 Å². The Bertz CT molecular complexity index is 1050. The average molecular weight is 256 g/mol. The Balaban J connectivity index is 2.33. The Kier molecular flexibility index (Phi) is 1.42. The molecule has 0 saturated carbocycles. The van der Waals surface area contributed by atoms with Gasteiger partial charge in [-0.05, 0) is 47.5 Å². The standard InChI is InChI=1S/C19H18/c1-15-18(16-9-4-2-5-10-16)13-8-14-19(15)17-11-6-3-7-12-17/h2,4-6,8-14H,3,7H2,1H3/i2D,3D,4D,5D,6D,7D,9D,10D,11D,12D. The van der Waals surface area contributed by atoms with E-state index in [2.05, 4.69) is 0 Å². The Hall–Kier alpha value is -2.08. The van der Waals surface area contributed by atoms with Gasteiger partial charge in [0.1, 0.15) is 0 Å². The lowest BCUT2D eigenvalue weighted by atomic mass is 9.91. The molecule has 0 N–H and O–H groups in total. The van der Waals surface area contributed by atoms with Crippen LogP contribution < -0.4 is 0 Å². The molecule has 2 unspecified atom stereocenters. The molecule has 0 nitrogen and oxygen atoms in total. The van der Waals surface area contributed by atoms with Crippen molar-refractivity contribution in [3.8, 4) is 11.1 Å². The lowest BCUT2D eigenvalue weighted by molar-refractivity contribution is 1.04. The summed E-state index contributed by atoms with van der Waals surface area (Å²) in [6.07, 6.45) is -2.60. The third-order valence-electron chi connectivity index (χ3n) is 2.96. The zero-order valence-corrected chi connectivity index (χ0v) is 10.4. The molecule has 1 aliphatic rings. The van der Waals surface area contributed by atoms with Crippen molar-refractivity contribution in [3.05, 3.63) is 77.7 Å². The predicted molar refractivity (Wildman–Crippen MR) is 83.0 cm³/mol. The average Bonchev–Trinajstić information content (AvgIpc) is 2.70. The van der Waals surface area contributed by atoms with E-state index in [1.54, 1.807) is 25.1 Å². The van der Waals surface area contributed by atoms with Crippen LogP contribution in [-0.2, 0) is 0 Å². The van der Waals surface area contributed by atoms with Gasteiger partial charge in [0, 0.05) is 2.74 Å². The van der Waals surface area contributed by atoms with E-state index in [1.807, 2.05) is 0 Å². The second-order valence-electron chi connectivity index (χ2n) is 4.10. The highest BCUT2D eigenvalue weighted by Gasteiger charge is 2.09. The number of benzene rings is 2. The van der Waals surface area contributed by atoms with Crippen LogP contribution in [0.5, 0.6) is 0 Å². The highest BCUT2D eigenvalue weighted by molar-refractivity contribution is 5.81. The Morgan fingerprint density at radius 3 is 2.68 bits per heavy atom. The van der Waals surface area contributed by atoms with E-state index in [0.717, 1.165) is 0 Å². The summed E-state index contributed by atoms with van der Waals surface area (Å²) in [7, 11) is 0. The van der Waals surface area contributed by atoms with Crippen LogP contribution in [-0.4, -0.2) is 0 Å². The molecule has 2 aromatic rings. The van der Waals surface area contributed by atoms with Gasteiger partial charge < -0.3 is 0 Å². The molecule has 3 rings (SSSR count). The van der Waals surface area contributed by atoms with Crippen molar-refractivity contribution in [1.82, 2.24) is 0 Å². The molecule has 0 aromatic heterocycles. The maximum Gasteiger partial charge on any atom is 0.0629 e. The van der Waals surface area contributed by atoms with Gasteiger partial charge in [-0.1, -0.05) is 66.6 Å². The SMILES string of the molecule is [2H]C1=C([2H])C([2H])C([2H])C([2H])=C1c1cccc(-c2c([2H])c([2H])c([2H])c([2H])c2[2H])c1C. The van der Waals surface area contributed by atoms with Crippen LogP contribution >= 0.6 is 0 Å². The lowest BCUT2D eigenvalue weighted by Gasteiger charge is -2.14. The third-order valence-corrected chi connectivity index (χ3v) is 2.96. The van der Waals surface area contributed by atoms with E-state index in [4.69, 9.17) is 13.7 Å². The van der Waals surface area contributed by atoms with E-state index in [1.165, 1.54) is 0 Å². The Morgan fingerprint density at radius 2 is 1.84 bits per heavy atom. The minimum atomic E-state index is -1.30. The molecule has 0 bridgehead atoms. The largest absolute Gasteiger partial charge is 0.0836 e. The van der Waals surface area contributed by atoms with Crippen LogP contribution in [0, 0.1) is 6.92 Å². The van der Waals surface area contributed by atoms with E-state index in [0.29, 0.717) is 16.7 Å². The van der Waals surface area contributed by atoms with Crippen molar-refractivity contribution in [3.63, 3.8) is 0 Å². The first-order valence-corrected chi connectivity index (χ1v) is 5.90. The van der Waals surface area contributed by atoms with Crippen molar-refractivity contribution in [2.24, 2.45) is 0 Å². The number of hydrogen-bond acceptors (Lipinski definition) is 0. The molecule has 19 heavy (non-hydrogen) atoms. The normalized spacial score (nSPS) is 31.0. The first-order chi connectivity index (χ1) is 13.5. The van der Waals surface area contributed by atoms with Gasteiger partial charge in [-0.15, -0.1) is 0 Å². The molecule has 1 aliphatic carbocycles. The molecule has 0 heteroatoms. The molecule has 94 valence electrons. The number of hydrogen-bond donors (Lipinski definition) is 0. The van der Waals surface area contributed by atoms with Crippen LogP contribution in [0.25, 0.3) is 16.7 Å². The van der Waals surface area contributed by atoms with E-state index in [9.17, 15) is 0 Å².